The van der Waals surface area contributed by atoms with Crippen LogP contribution >= 0.6 is 11.6 Å². The minimum Gasteiger partial charge on any atom is -0.479 e. The number of nitrogens with zero attached hydrogens (tertiary/aromatic N) is 3. The van der Waals surface area contributed by atoms with Crippen LogP contribution in [0.25, 0.3) is 10.9 Å². The average molecular weight is 470 g/mol. The smallest absolute Gasteiger partial charge is 0.355 e. The number of pyridine rings is 1. The number of halogens is 1. The van der Waals surface area contributed by atoms with Crippen molar-refractivity contribution in [2.45, 2.75) is 5.54 Å². The maximum atomic E-state index is 12.1. The van der Waals surface area contributed by atoms with E-state index in [1.807, 2.05) is 91.0 Å². The zero-order valence-corrected chi connectivity index (χ0v) is 19.0. The Labute approximate surface area is 201 Å². The van der Waals surface area contributed by atoms with E-state index in [1.165, 1.54) is 13.3 Å². The van der Waals surface area contributed by atoms with Crippen molar-refractivity contribution in [2.24, 2.45) is 0 Å². The number of carbonyl (C=O) groups is 1. The number of aromatic nitrogens is 3. The predicted molar refractivity (Wildman–Crippen MR) is 131 cm³/mol. The molecule has 0 atom stereocenters. The summed E-state index contributed by atoms with van der Waals surface area (Å²) >= 11 is 6.71. The molecule has 0 spiro atoms. The van der Waals surface area contributed by atoms with Crippen molar-refractivity contribution < 1.29 is 14.6 Å². The molecule has 0 saturated heterocycles. The highest BCUT2D eigenvalue weighted by atomic mass is 35.5. The van der Waals surface area contributed by atoms with Gasteiger partial charge in [0.05, 0.1) is 23.0 Å². The van der Waals surface area contributed by atoms with Gasteiger partial charge in [0.2, 0.25) is 5.88 Å². The van der Waals surface area contributed by atoms with E-state index in [-0.39, 0.29) is 22.0 Å². The van der Waals surface area contributed by atoms with Crippen LogP contribution < -0.4 is 4.74 Å². The molecule has 2 heterocycles. The molecule has 5 rings (SSSR count). The van der Waals surface area contributed by atoms with Crippen molar-refractivity contribution >= 4 is 28.5 Å². The number of methoxy groups -OCH3 is 1. The molecule has 1 N–H and O–H groups in total. The maximum Gasteiger partial charge on any atom is 0.355 e. The van der Waals surface area contributed by atoms with Crippen molar-refractivity contribution in [3.05, 3.63) is 125 Å². The van der Waals surface area contributed by atoms with Gasteiger partial charge in [0.1, 0.15) is 5.54 Å². The second kappa shape index (κ2) is 8.65. The molecule has 0 radical (unpaired) electrons. The summed E-state index contributed by atoms with van der Waals surface area (Å²) in [6.07, 6.45) is 1.34. The molecule has 168 valence electrons. The summed E-state index contributed by atoms with van der Waals surface area (Å²) in [5.41, 5.74) is 2.02. The average Bonchev–Trinajstić information content (AvgIpc) is 3.27. The lowest BCUT2D eigenvalue weighted by Gasteiger charge is -2.37. The quantitative estimate of drug-likeness (QED) is 0.326. The number of benzene rings is 3. The number of carboxylic acids is 1. The molecule has 0 fully saturated rings. The molecule has 3 aromatic carbocycles. The van der Waals surface area contributed by atoms with E-state index < -0.39 is 11.5 Å². The largest absolute Gasteiger partial charge is 0.479 e. The van der Waals surface area contributed by atoms with Gasteiger partial charge in [-0.05, 0) is 16.7 Å². The third-order valence-corrected chi connectivity index (χ3v) is 6.19. The van der Waals surface area contributed by atoms with E-state index in [1.54, 1.807) is 4.68 Å². The lowest BCUT2D eigenvalue weighted by atomic mass is 9.77. The van der Waals surface area contributed by atoms with E-state index in [4.69, 9.17) is 21.4 Å². The standard InChI is InChI=1S/C27H20ClN3O3/c1-34-25-22-23(26(32)33)29-17-21(28)24(22)31(30-25)27(18-11-5-2-6-12-18,19-13-7-3-8-14-19)20-15-9-4-10-16-20/h2-17H,1H3,(H,32,33). The SMILES string of the molecule is COc1nn(C(c2ccccc2)(c2ccccc2)c2ccccc2)c2c(Cl)cnc(C(=O)O)c12. The van der Waals surface area contributed by atoms with Gasteiger partial charge >= 0.3 is 5.97 Å². The fourth-order valence-corrected chi connectivity index (χ4v) is 4.75. The number of ether oxygens (including phenoxy) is 1. The van der Waals surface area contributed by atoms with Gasteiger partial charge in [0.25, 0.3) is 0 Å². The molecule has 6 nitrogen and oxygen atoms in total. The first-order valence-electron chi connectivity index (χ1n) is 10.6. The van der Waals surface area contributed by atoms with Gasteiger partial charge in [-0.1, -0.05) is 103 Å². The second-order valence-electron chi connectivity index (χ2n) is 7.71. The topological polar surface area (TPSA) is 77.2 Å². The molecule has 2 aromatic heterocycles. The Hall–Kier alpha value is -4.16. The fourth-order valence-electron chi connectivity index (χ4n) is 4.53. The van der Waals surface area contributed by atoms with E-state index in [0.29, 0.717) is 5.52 Å². The van der Waals surface area contributed by atoms with Crippen LogP contribution in [0.2, 0.25) is 5.02 Å². The van der Waals surface area contributed by atoms with Crippen LogP contribution in [0.5, 0.6) is 5.88 Å². The van der Waals surface area contributed by atoms with Gasteiger partial charge < -0.3 is 9.84 Å². The predicted octanol–water partition coefficient (Wildman–Crippen LogP) is 5.63. The number of fused-ring (bicyclic) bond motifs is 1. The Kier molecular flexibility index (Phi) is 5.51. The summed E-state index contributed by atoms with van der Waals surface area (Å²) in [5.74, 6) is -1.06. The van der Waals surface area contributed by atoms with Gasteiger partial charge in [0, 0.05) is 6.20 Å². The van der Waals surface area contributed by atoms with Crippen LogP contribution in [-0.4, -0.2) is 33.0 Å². The summed E-state index contributed by atoms with van der Waals surface area (Å²) in [5, 5.41) is 15.2. The number of rotatable bonds is 6. The monoisotopic (exact) mass is 469 g/mol. The van der Waals surface area contributed by atoms with Crippen LogP contribution in [0.15, 0.2) is 97.2 Å². The highest BCUT2D eigenvalue weighted by Crippen LogP contribution is 2.45. The molecule has 0 amide bonds. The molecule has 0 saturated carbocycles. The van der Waals surface area contributed by atoms with Crippen LogP contribution in [0, 0.1) is 0 Å². The number of carboxylic acid groups (broad SMARTS) is 1. The normalized spacial score (nSPS) is 11.5. The van der Waals surface area contributed by atoms with Crippen molar-refractivity contribution in [3.8, 4) is 5.88 Å². The van der Waals surface area contributed by atoms with Crippen molar-refractivity contribution in [1.29, 1.82) is 0 Å². The molecular formula is C27H20ClN3O3. The second-order valence-corrected chi connectivity index (χ2v) is 8.12. The zero-order chi connectivity index (χ0) is 23.7. The summed E-state index contributed by atoms with van der Waals surface area (Å²) in [4.78, 5) is 16.1. The van der Waals surface area contributed by atoms with Crippen LogP contribution in [0.1, 0.15) is 27.2 Å². The molecule has 0 aliphatic heterocycles. The first-order chi connectivity index (χ1) is 16.6. The summed E-state index contributed by atoms with van der Waals surface area (Å²) in [6.45, 7) is 0. The van der Waals surface area contributed by atoms with E-state index in [9.17, 15) is 9.90 Å². The minimum absolute atomic E-state index is 0.134. The number of hydrogen-bond acceptors (Lipinski definition) is 4. The van der Waals surface area contributed by atoms with Crippen LogP contribution in [-0.2, 0) is 5.54 Å². The maximum absolute atomic E-state index is 12.1. The molecule has 0 aliphatic rings. The molecule has 0 unspecified atom stereocenters. The fraction of sp³-hybridized carbons (Fsp3) is 0.0741. The number of hydrogen-bond donors (Lipinski definition) is 1. The van der Waals surface area contributed by atoms with Crippen molar-refractivity contribution in [2.75, 3.05) is 7.11 Å². The Balaban J connectivity index is 2.04. The molecular weight excluding hydrogens is 450 g/mol. The summed E-state index contributed by atoms with van der Waals surface area (Å²) in [7, 11) is 1.45. The first-order valence-corrected chi connectivity index (χ1v) is 11.0. The van der Waals surface area contributed by atoms with Gasteiger partial charge in [-0.15, -0.1) is 5.10 Å². The third-order valence-electron chi connectivity index (χ3n) is 5.91. The van der Waals surface area contributed by atoms with E-state index in [2.05, 4.69) is 4.98 Å². The van der Waals surface area contributed by atoms with E-state index in [0.717, 1.165) is 16.7 Å². The minimum atomic E-state index is -1.19. The van der Waals surface area contributed by atoms with Gasteiger partial charge in [-0.2, -0.15) is 0 Å². The highest BCUT2D eigenvalue weighted by Gasteiger charge is 2.42. The Morgan fingerprint density at radius 2 is 1.35 bits per heavy atom. The highest BCUT2D eigenvalue weighted by molar-refractivity contribution is 6.35. The lowest BCUT2D eigenvalue weighted by Crippen LogP contribution is -2.38. The van der Waals surface area contributed by atoms with Crippen molar-refractivity contribution in [3.63, 3.8) is 0 Å². The Morgan fingerprint density at radius 1 is 0.882 bits per heavy atom. The lowest BCUT2D eigenvalue weighted by molar-refractivity contribution is 0.0692. The first kappa shape index (κ1) is 21.7. The molecule has 34 heavy (non-hydrogen) atoms. The Bertz CT molecular complexity index is 1370. The third kappa shape index (κ3) is 3.23. The van der Waals surface area contributed by atoms with E-state index >= 15 is 0 Å². The number of aromatic carboxylic acids is 1. The molecule has 5 aromatic rings. The van der Waals surface area contributed by atoms with Crippen LogP contribution in [0.3, 0.4) is 0 Å². The van der Waals surface area contributed by atoms with Gasteiger partial charge in [-0.25, -0.2) is 14.5 Å². The van der Waals surface area contributed by atoms with Crippen molar-refractivity contribution in [1.82, 2.24) is 14.8 Å². The van der Waals surface area contributed by atoms with Gasteiger partial charge in [0.15, 0.2) is 5.69 Å². The molecule has 7 heteroatoms. The zero-order valence-electron chi connectivity index (χ0n) is 18.2. The van der Waals surface area contributed by atoms with Crippen LogP contribution in [0.4, 0.5) is 0 Å². The summed E-state index contributed by atoms with van der Waals surface area (Å²) < 4.78 is 7.32. The molecule has 0 bridgehead atoms. The van der Waals surface area contributed by atoms with Gasteiger partial charge in [-0.3, -0.25) is 0 Å². The summed E-state index contributed by atoms with van der Waals surface area (Å²) in [6, 6.07) is 29.8. The molecule has 0 aliphatic carbocycles. The Morgan fingerprint density at radius 3 is 1.76 bits per heavy atom.